The predicted molar refractivity (Wildman–Crippen MR) is 62.4 cm³/mol. The first-order valence-corrected chi connectivity index (χ1v) is 5.44. The van der Waals surface area contributed by atoms with Crippen LogP contribution in [0, 0.1) is 0 Å². The third-order valence-corrected chi connectivity index (χ3v) is 2.37. The van der Waals surface area contributed by atoms with Gasteiger partial charge in [0, 0.05) is 24.9 Å². The van der Waals surface area contributed by atoms with Crippen LogP contribution in [-0.2, 0) is 4.74 Å². The number of rotatable bonds is 4. The first-order valence-electron chi connectivity index (χ1n) is 5.44. The van der Waals surface area contributed by atoms with Crippen LogP contribution < -0.4 is 14.8 Å². The molecule has 1 aliphatic rings. The minimum Gasteiger partial charge on any atom is -0.486 e. The molecule has 0 aliphatic carbocycles. The topological polar surface area (TPSA) is 39.7 Å². The van der Waals surface area contributed by atoms with Gasteiger partial charge < -0.3 is 19.5 Å². The molecule has 16 heavy (non-hydrogen) atoms. The van der Waals surface area contributed by atoms with Gasteiger partial charge >= 0.3 is 0 Å². The molecule has 0 bridgehead atoms. The quantitative estimate of drug-likeness (QED) is 0.846. The maximum Gasteiger partial charge on any atom is 0.163 e. The van der Waals surface area contributed by atoms with Crippen LogP contribution in [0.3, 0.4) is 0 Å². The molecule has 0 aromatic heterocycles. The Balaban J connectivity index is 2.05. The van der Waals surface area contributed by atoms with Crippen LogP contribution in [0.2, 0.25) is 0 Å². The van der Waals surface area contributed by atoms with E-state index in [2.05, 4.69) is 12.2 Å². The highest BCUT2D eigenvalue weighted by molar-refractivity contribution is 5.55. The molecule has 1 N–H and O–H groups in total. The molecule has 1 heterocycles. The first kappa shape index (κ1) is 11.1. The van der Waals surface area contributed by atoms with Crippen molar-refractivity contribution in [2.24, 2.45) is 0 Å². The summed E-state index contributed by atoms with van der Waals surface area (Å²) in [6.07, 6.45) is 0. The number of hydrogen-bond acceptors (Lipinski definition) is 4. The third kappa shape index (κ3) is 2.58. The van der Waals surface area contributed by atoms with Crippen LogP contribution in [-0.4, -0.2) is 33.0 Å². The van der Waals surface area contributed by atoms with Gasteiger partial charge in [0.1, 0.15) is 13.2 Å². The molecule has 0 spiro atoms. The first-order chi connectivity index (χ1) is 7.79. The van der Waals surface area contributed by atoms with Crippen molar-refractivity contribution in [2.75, 3.05) is 32.2 Å². The SMILES string of the molecule is COCC(C)Nc1ccc2c(c1)OCCO2. The lowest BCUT2D eigenvalue weighted by molar-refractivity contribution is 0.171. The van der Waals surface area contributed by atoms with E-state index >= 15 is 0 Å². The number of anilines is 1. The summed E-state index contributed by atoms with van der Waals surface area (Å²) in [6.45, 7) is 3.98. The van der Waals surface area contributed by atoms with Gasteiger partial charge in [-0.2, -0.15) is 0 Å². The fourth-order valence-corrected chi connectivity index (χ4v) is 1.71. The molecule has 88 valence electrons. The Morgan fingerprint density at radius 2 is 2.06 bits per heavy atom. The summed E-state index contributed by atoms with van der Waals surface area (Å²) >= 11 is 0. The Morgan fingerprint density at radius 1 is 1.31 bits per heavy atom. The Bertz CT molecular complexity index is 354. The lowest BCUT2D eigenvalue weighted by Gasteiger charge is -2.20. The highest BCUT2D eigenvalue weighted by Gasteiger charge is 2.12. The minimum absolute atomic E-state index is 0.271. The summed E-state index contributed by atoms with van der Waals surface area (Å²) in [4.78, 5) is 0. The molecule has 0 fully saturated rings. The summed E-state index contributed by atoms with van der Waals surface area (Å²) in [7, 11) is 1.70. The highest BCUT2D eigenvalue weighted by Crippen LogP contribution is 2.32. The number of benzene rings is 1. The van der Waals surface area contributed by atoms with Gasteiger partial charge in [0.25, 0.3) is 0 Å². The molecule has 0 radical (unpaired) electrons. The van der Waals surface area contributed by atoms with Gasteiger partial charge in [0.2, 0.25) is 0 Å². The highest BCUT2D eigenvalue weighted by atomic mass is 16.6. The van der Waals surface area contributed by atoms with Gasteiger partial charge in [-0.25, -0.2) is 0 Å². The van der Waals surface area contributed by atoms with Crippen LogP contribution in [0.5, 0.6) is 11.5 Å². The average molecular weight is 223 g/mol. The second-order valence-corrected chi connectivity index (χ2v) is 3.86. The standard InChI is InChI=1S/C12H17NO3/c1-9(8-14-2)13-10-3-4-11-12(7-10)16-6-5-15-11/h3-4,7,9,13H,5-6,8H2,1-2H3. The van der Waals surface area contributed by atoms with E-state index in [0.29, 0.717) is 19.8 Å². The van der Waals surface area contributed by atoms with Gasteiger partial charge in [-0.05, 0) is 19.1 Å². The molecule has 1 aromatic rings. The molecule has 1 aromatic carbocycles. The van der Waals surface area contributed by atoms with Crippen molar-refractivity contribution in [2.45, 2.75) is 13.0 Å². The summed E-state index contributed by atoms with van der Waals surface area (Å²) < 4.78 is 16.0. The maximum absolute atomic E-state index is 5.51. The van der Waals surface area contributed by atoms with E-state index in [0.717, 1.165) is 17.2 Å². The summed E-state index contributed by atoms with van der Waals surface area (Å²) in [5.74, 6) is 1.62. The number of fused-ring (bicyclic) bond motifs is 1. The summed E-state index contributed by atoms with van der Waals surface area (Å²) in [5.41, 5.74) is 1.02. The van der Waals surface area contributed by atoms with Crippen molar-refractivity contribution in [1.82, 2.24) is 0 Å². The van der Waals surface area contributed by atoms with Gasteiger partial charge in [0.05, 0.1) is 6.61 Å². The van der Waals surface area contributed by atoms with Crippen molar-refractivity contribution in [3.63, 3.8) is 0 Å². The number of nitrogens with one attached hydrogen (secondary N) is 1. The van der Waals surface area contributed by atoms with E-state index in [1.807, 2.05) is 18.2 Å². The molecular formula is C12H17NO3. The largest absolute Gasteiger partial charge is 0.486 e. The fourth-order valence-electron chi connectivity index (χ4n) is 1.71. The Hall–Kier alpha value is -1.42. The molecule has 0 saturated heterocycles. The predicted octanol–water partition coefficient (Wildman–Crippen LogP) is 1.90. The number of hydrogen-bond donors (Lipinski definition) is 1. The van der Waals surface area contributed by atoms with Crippen molar-refractivity contribution in [3.05, 3.63) is 18.2 Å². The second kappa shape index (κ2) is 5.07. The van der Waals surface area contributed by atoms with Crippen LogP contribution in [0.1, 0.15) is 6.92 Å². The third-order valence-electron chi connectivity index (χ3n) is 2.37. The van der Waals surface area contributed by atoms with E-state index in [-0.39, 0.29) is 6.04 Å². The second-order valence-electron chi connectivity index (χ2n) is 3.86. The summed E-state index contributed by atoms with van der Waals surface area (Å²) in [6, 6.07) is 6.14. The Kier molecular flexibility index (Phi) is 3.51. The van der Waals surface area contributed by atoms with Crippen LogP contribution in [0.15, 0.2) is 18.2 Å². The zero-order valence-electron chi connectivity index (χ0n) is 9.66. The molecule has 1 unspecified atom stereocenters. The molecule has 1 aliphatic heterocycles. The van der Waals surface area contributed by atoms with Crippen LogP contribution in [0.4, 0.5) is 5.69 Å². The monoisotopic (exact) mass is 223 g/mol. The molecule has 2 rings (SSSR count). The van der Waals surface area contributed by atoms with Crippen LogP contribution >= 0.6 is 0 Å². The molecule has 0 saturated carbocycles. The lowest BCUT2D eigenvalue weighted by Crippen LogP contribution is -2.21. The average Bonchev–Trinajstić information content (AvgIpc) is 2.29. The van der Waals surface area contributed by atoms with Gasteiger partial charge in [0.15, 0.2) is 11.5 Å². The maximum atomic E-state index is 5.51. The molecule has 0 amide bonds. The normalized spacial score (nSPS) is 15.6. The molecule has 4 nitrogen and oxygen atoms in total. The van der Waals surface area contributed by atoms with Gasteiger partial charge in [-0.1, -0.05) is 0 Å². The van der Waals surface area contributed by atoms with Crippen molar-refractivity contribution in [3.8, 4) is 11.5 Å². The van der Waals surface area contributed by atoms with Crippen molar-refractivity contribution in [1.29, 1.82) is 0 Å². The molecule has 4 heteroatoms. The zero-order chi connectivity index (χ0) is 11.4. The molecular weight excluding hydrogens is 206 g/mol. The van der Waals surface area contributed by atoms with E-state index in [9.17, 15) is 0 Å². The Labute approximate surface area is 95.5 Å². The van der Waals surface area contributed by atoms with Crippen LogP contribution in [0.25, 0.3) is 0 Å². The van der Waals surface area contributed by atoms with Crippen molar-refractivity contribution >= 4 is 5.69 Å². The smallest absolute Gasteiger partial charge is 0.163 e. The lowest BCUT2D eigenvalue weighted by atomic mass is 10.2. The van der Waals surface area contributed by atoms with E-state index in [1.165, 1.54) is 0 Å². The summed E-state index contributed by atoms with van der Waals surface area (Å²) in [5, 5.41) is 3.33. The van der Waals surface area contributed by atoms with E-state index < -0.39 is 0 Å². The van der Waals surface area contributed by atoms with Gasteiger partial charge in [-0.3, -0.25) is 0 Å². The zero-order valence-corrected chi connectivity index (χ0v) is 9.66. The van der Waals surface area contributed by atoms with Crippen molar-refractivity contribution < 1.29 is 14.2 Å². The minimum atomic E-state index is 0.271. The Morgan fingerprint density at radius 3 is 2.81 bits per heavy atom. The van der Waals surface area contributed by atoms with E-state index in [4.69, 9.17) is 14.2 Å². The van der Waals surface area contributed by atoms with E-state index in [1.54, 1.807) is 7.11 Å². The number of ether oxygens (including phenoxy) is 3. The fraction of sp³-hybridized carbons (Fsp3) is 0.500. The number of methoxy groups -OCH3 is 1. The van der Waals surface area contributed by atoms with Gasteiger partial charge in [-0.15, -0.1) is 0 Å². The molecule has 1 atom stereocenters.